The van der Waals surface area contributed by atoms with Crippen LogP contribution in [0.1, 0.15) is 25.7 Å². The molecule has 6 heteroatoms. The molecule has 0 radical (unpaired) electrons. The van der Waals surface area contributed by atoms with Gasteiger partial charge in [0.05, 0.1) is 18.0 Å². The third-order valence-electron chi connectivity index (χ3n) is 2.67. The van der Waals surface area contributed by atoms with Gasteiger partial charge in [-0.25, -0.2) is 0 Å². The topological polar surface area (TPSA) is 94.8 Å². The third kappa shape index (κ3) is 3.91. The number of hydrogen-bond acceptors (Lipinski definition) is 4. The molecule has 0 bridgehead atoms. The fourth-order valence-corrected chi connectivity index (χ4v) is 2.42. The zero-order chi connectivity index (χ0) is 10.8. The molecule has 1 fully saturated rings. The van der Waals surface area contributed by atoms with E-state index >= 15 is 0 Å². The summed E-state index contributed by atoms with van der Waals surface area (Å²) in [4.78, 5) is 0. The monoisotopic (exact) mass is 224 g/mol. The lowest BCUT2D eigenvalue weighted by Crippen LogP contribution is -2.34. The Bertz CT molecular complexity index is 273. The van der Waals surface area contributed by atoms with E-state index in [0.717, 1.165) is 0 Å². The van der Waals surface area contributed by atoms with Crippen molar-refractivity contribution in [2.45, 2.75) is 37.9 Å². The maximum atomic E-state index is 10.5. The van der Waals surface area contributed by atoms with E-state index in [0.29, 0.717) is 25.7 Å². The Morgan fingerprint density at radius 2 is 1.79 bits per heavy atom. The van der Waals surface area contributed by atoms with Crippen molar-refractivity contribution >= 4 is 10.1 Å². The summed E-state index contributed by atoms with van der Waals surface area (Å²) in [6, 6.07) is 0. The van der Waals surface area contributed by atoms with Crippen molar-refractivity contribution < 1.29 is 23.2 Å². The molecule has 0 heterocycles. The van der Waals surface area contributed by atoms with E-state index < -0.39 is 22.3 Å². The summed E-state index contributed by atoms with van der Waals surface area (Å²) in [5.41, 5.74) is 0. The second kappa shape index (κ2) is 4.57. The van der Waals surface area contributed by atoms with Gasteiger partial charge in [-0.2, -0.15) is 8.42 Å². The second-order valence-corrected chi connectivity index (χ2v) is 5.46. The van der Waals surface area contributed by atoms with E-state index in [1.165, 1.54) is 0 Å². The number of aliphatic hydroxyl groups excluding tert-OH is 2. The molecule has 1 aliphatic rings. The molecule has 0 aromatic carbocycles. The largest absolute Gasteiger partial charge is 0.390 e. The van der Waals surface area contributed by atoms with Crippen molar-refractivity contribution in [2.75, 3.05) is 5.75 Å². The molecule has 0 amide bonds. The van der Waals surface area contributed by atoms with E-state index in [1.54, 1.807) is 0 Å². The van der Waals surface area contributed by atoms with Crippen LogP contribution in [0, 0.1) is 5.92 Å². The predicted octanol–water partition coefficient (Wildman–Crippen LogP) is -0.214. The first kappa shape index (κ1) is 11.9. The van der Waals surface area contributed by atoms with Crippen LogP contribution in [0.5, 0.6) is 0 Å². The highest BCUT2D eigenvalue weighted by Crippen LogP contribution is 2.27. The Labute approximate surface area is 83.5 Å². The molecule has 0 aromatic heterocycles. The first-order valence-electron chi connectivity index (χ1n) is 4.70. The van der Waals surface area contributed by atoms with Gasteiger partial charge in [0.2, 0.25) is 0 Å². The summed E-state index contributed by atoms with van der Waals surface area (Å²) in [6.45, 7) is 0. The van der Waals surface area contributed by atoms with Crippen molar-refractivity contribution in [1.29, 1.82) is 0 Å². The molecule has 3 unspecified atom stereocenters. The summed E-state index contributed by atoms with van der Waals surface area (Å²) in [5.74, 6) is -0.184. The van der Waals surface area contributed by atoms with Crippen molar-refractivity contribution in [1.82, 2.24) is 0 Å². The summed E-state index contributed by atoms with van der Waals surface area (Å²) in [5, 5.41) is 18.5. The SMILES string of the molecule is O=S(=O)(O)CCC1CCC(O)C(O)C1. The quantitative estimate of drug-likeness (QED) is 0.576. The molecule has 3 N–H and O–H groups in total. The Kier molecular flexibility index (Phi) is 3.88. The van der Waals surface area contributed by atoms with Crippen LogP contribution < -0.4 is 0 Å². The molecule has 3 atom stereocenters. The Hall–Kier alpha value is -0.170. The van der Waals surface area contributed by atoms with Crippen molar-refractivity contribution in [3.05, 3.63) is 0 Å². The average molecular weight is 224 g/mol. The highest BCUT2D eigenvalue weighted by atomic mass is 32.2. The van der Waals surface area contributed by atoms with Crippen LogP contribution in [-0.4, -0.2) is 41.1 Å². The molecule has 0 spiro atoms. The van der Waals surface area contributed by atoms with Crippen LogP contribution in [0.2, 0.25) is 0 Å². The Morgan fingerprint density at radius 3 is 2.29 bits per heavy atom. The lowest BCUT2D eigenvalue weighted by atomic mass is 9.84. The third-order valence-corrected chi connectivity index (χ3v) is 3.43. The van der Waals surface area contributed by atoms with Crippen LogP contribution in [0.4, 0.5) is 0 Å². The van der Waals surface area contributed by atoms with E-state index in [-0.39, 0.29) is 11.7 Å². The molecular weight excluding hydrogens is 208 g/mol. The van der Waals surface area contributed by atoms with Crippen molar-refractivity contribution in [3.8, 4) is 0 Å². The van der Waals surface area contributed by atoms with Gasteiger partial charge >= 0.3 is 0 Å². The van der Waals surface area contributed by atoms with Crippen LogP contribution in [0.3, 0.4) is 0 Å². The van der Waals surface area contributed by atoms with Crippen molar-refractivity contribution in [3.63, 3.8) is 0 Å². The maximum absolute atomic E-state index is 10.5. The Balaban J connectivity index is 2.34. The van der Waals surface area contributed by atoms with Crippen LogP contribution in [0.15, 0.2) is 0 Å². The number of aliphatic hydroxyl groups is 2. The van der Waals surface area contributed by atoms with Gasteiger partial charge in [0.1, 0.15) is 0 Å². The molecule has 1 aliphatic carbocycles. The zero-order valence-electron chi connectivity index (χ0n) is 7.83. The number of hydrogen-bond donors (Lipinski definition) is 3. The minimum atomic E-state index is -3.90. The van der Waals surface area contributed by atoms with Gasteiger partial charge in [-0.05, 0) is 31.6 Å². The second-order valence-electron chi connectivity index (χ2n) is 3.89. The van der Waals surface area contributed by atoms with Gasteiger partial charge in [-0.3, -0.25) is 4.55 Å². The fraction of sp³-hybridized carbons (Fsp3) is 1.00. The normalized spacial score (nSPS) is 34.4. The lowest BCUT2D eigenvalue weighted by Gasteiger charge is -2.29. The minimum Gasteiger partial charge on any atom is -0.390 e. The van der Waals surface area contributed by atoms with Gasteiger partial charge < -0.3 is 10.2 Å². The Morgan fingerprint density at radius 1 is 1.14 bits per heavy atom. The average Bonchev–Trinajstić information content (AvgIpc) is 2.06. The highest BCUT2D eigenvalue weighted by Gasteiger charge is 2.27. The molecule has 1 rings (SSSR count). The molecule has 84 valence electrons. The molecule has 0 aromatic rings. The molecular formula is C8H16O5S. The standard InChI is InChI=1S/C8H16O5S/c9-7-2-1-6(5-8(7)10)3-4-14(11,12)13/h6-10H,1-5H2,(H,11,12,13). The molecule has 0 aliphatic heterocycles. The van der Waals surface area contributed by atoms with E-state index in [9.17, 15) is 18.6 Å². The van der Waals surface area contributed by atoms with Gasteiger partial charge in [0.25, 0.3) is 10.1 Å². The fourth-order valence-electron chi connectivity index (χ4n) is 1.79. The van der Waals surface area contributed by atoms with Gasteiger partial charge in [-0.15, -0.1) is 0 Å². The van der Waals surface area contributed by atoms with Gasteiger partial charge in [0.15, 0.2) is 0 Å². The summed E-state index contributed by atoms with van der Waals surface area (Å²) in [6.07, 6.45) is 0.525. The summed E-state index contributed by atoms with van der Waals surface area (Å²) < 4.78 is 29.5. The molecule has 0 saturated heterocycles. The molecule has 1 saturated carbocycles. The predicted molar refractivity (Wildman–Crippen MR) is 50.4 cm³/mol. The van der Waals surface area contributed by atoms with Crippen LogP contribution in [-0.2, 0) is 10.1 Å². The van der Waals surface area contributed by atoms with Gasteiger partial charge in [0, 0.05) is 0 Å². The van der Waals surface area contributed by atoms with Gasteiger partial charge in [-0.1, -0.05) is 0 Å². The number of rotatable bonds is 3. The van der Waals surface area contributed by atoms with E-state index in [2.05, 4.69) is 0 Å². The first-order valence-corrected chi connectivity index (χ1v) is 6.30. The highest BCUT2D eigenvalue weighted by molar-refractivity contribution is 7.85. The first-order chi connectivity index (χ1) is 6.38. The molecule has 5 nitrogen and oxygen atoms in total. The summed E-state index contributed by atoms with van der Waals surface area (Å²) in [7, 11) is -3.90. The zero-order valence-corrected chi connectivity index (χ0v) is 8.65. The van der Waals surface area contributed by atoms with E-state index in [1.807, 2.05) is 0 Å². The summed E-state index contributed by atoms with van der Waals surface area (Å²) >= 11 is 0. The van der Waals surface area contributed by atoms with Crippen molar-refractivity contribution in [2.24, 2.45) is 5.92 Å². The smallest absolute Gasteiger partial charge is 0.264 e. The maximum Gasteiger partial charge on any atom is 0.264 e. The lowest BCUT2D eigenvalue weighted by molar-refractivity contribution is -0.0257. The molecule has 14 heavy (non-hydrogen) atoms. The minimum absolute atomic E-state index is 0.0790. The van der Waals surface area contributed by atoms with E-state index in [4.69, 9.17) is 4.55 Å². The van der Waals surface area contributed by atoms with Crippen LogP contribution in [0.25, 0.3) is 0 Å². The van der Waals surface area contributed by atoms with Crippen LogP contribution >= 0.6 is 0 Å².